The fraction of sp³-hybridized carbons (Fsp3) is 0.760. The Balaban J connectivity index is 2.20. The third-order valence-corrected chi connectivity index (χ3v) is 11.9. The Bertz CT molecular complexity index is 1300. The minimum absolute atomic E-state index is 0.0844. The number of allylic oxidation sites excluding steroid dienone is 4. The Morgan fingerprint density at radius 2 is 0.741 bits per heavy atom. The van der Waals surface area contributed by atoms with Gasteiger partial charge < -0.3 is 9.47 Å². The molecule has 1 aromatic carbocycles. The molecule has 7 nitrogen and oxygen atoms in total. The van der Waals surface area contributed by atoms with Crippen molar-refractivity contribution in [1.82, 2.24) is 0 Å². The van der Waals surface area contributed by atoms with E-state index in [1.807, 2.05) is 0 Å². The first kappa shape index (κ1) is 53.6. The van der Waals surface area contributed by atoms with E-state index in [-0.39, 0.29) is 24.3 Å². The topological polar surface area (TPSA) is 107 Å². The summed E-state index contributed by atoms with van der Waals surface area (Å²) < 4.78 is 43.9. The maximum absolute atomic E-state index is 13.0. The van der Waals surface area contributed by atoms with Crippen LogP contribution in [-0.2, 0) is 19.6 Å². The average molecular weight is 831 g/mol. The van der Waals surface area contributed by atoms with Crippen LogP contribution in [0, 0.1) is 0 Å². The second-order valence-corrected chi connectivity index (χ2v) is 17.9. The van der Waals surface area contributed by atoms with Gasteiger partial charge in [0, 0.05) is 0 Å². The molecular formula is C50H86O7S. The first-order valence-corrected chi connectivity index (χ1v) is 25.5. The van der Waals surface area contributed by atoms with E-state index in [1.165, 1.54) is 186 Å². The maximum atomic E-state index is 13.0. The second kappa shape index (κ2) is 38.7. The summed E-state index contributed by atoms with van der Waals surface area (Å²) in [4.78, 5) is 25.4. The van der Waals surface area contributed by atoms with Crippen LogP contribution in [0.5, 0.6) is 0 Å². The van der Waals surface area contributed by atoms with E-state index in [2.05, 4.69) is 38.2 Å². The monoisotopic (exact) mass is 831 g/mol. The molecule has 0 unspecified atom stereocenters. The summed E-state index contributed by atoms with van der Waals surface area (Å²) in [7, 11) is -4.58. The van der Waals surface area contributed by atoms with Gasteiger partial charge in [-0.1, -0.05) is 205 Å². The van der Waals surface area contributed by atoms with Crippen LogP contribution in [0.4, 0.5) is 0 Å². The second-order valence-electron chi connectivity index (χ2n) is 16.5. The van der Waals surface area contributed by atoms with Crippen LogP contribution in [0.25, 0.3) is 0 Å². The van der Waals surface area contributed by atoms with Crippen LogP contribution in [0.1, 0.15) is 253 Å². The molecule has 0 heterocycles. The van der Waals surface area contributed by atoms with Gasteiger partial charge in [0.25, 0.3) is 10.1 Å². The highest BCUT2D eigenvalue weighted by molar-refractivity contribution is 7.85. The van der Waals surface area contributed by atoms with Gasteiger partial charge in [-0.2, -0.15) is 8.42 Å². The number of esters is 2. The van der Waals surface area contributed by atoms with E-state index >= 15 is 0 Å². The Labute approximate surface area is 356 Å². The predicted octanol–water partition coefficient (Wildman–Crippen LogP) is 15.7. The number of carbonyl (C=O) groups is 2. The van der Waals surface area contributed by atoms with Crippen molar-refractivity contribution in [2.45, 2.75) is 237 Å². The van der Waals surface area contributed by atoms with E-state index < -0.39 is 27.0 Å². The van der Waals surface area contributed by atoms with Crippen molar-refractivity contribution in [3.63, 3.8) is 0 Å². The lowest BCUT2D eigenvalue weighted by Crippen LogP contribution is -2.16. The average Bonchev–Trinajstić information content (AvgIpc) is 3.21. The minimum atomic E-state index is -4.58. The molecule has 1 aromatic rings. The SMILES string of the molecule is CCCCCCCCCCCCCCCC/C=C/CCCOC(=O)c1ccc(S(=O)(=O)O)cc1C(=O)OCCC/C=C/CCCCCCCCCCCCCCCC. The molecule has 334 valence electrons. The number of benzene rings is 1. The number of hydrogen-bond donors (Lipinski definition) is 1. The van der Waals surface area contributed by atoms with Crippen molar-refractivity contribution < 1.29 is 32.0 Å². The van der Waals surface area contributed by atoms with Crippen molar-refractivity contribution in [1.29, 1.82) is 0 Å². The van der Waals surface area contributed by atoms with Crippen molar-refractivity contribution in [2.24, 2.45) is 0 Å². The van der Waals surface area contributed by atoms with E-state index in [1.54, 1.807) is 0 Å². The summed E-state index contributed by atoms with van der Waals surface area (Å²) in [5.74, 6) is -1.55. The Morgan fingerprint density at radius 1 is 0.448 bits per heavy atom. The highest BCUT2D eigenvalue weighted by Crippen LogP contribution is 2.20. The van der Waals surface area contributed by atoms with Gasteiger partial charge in [-0.05, 0) is 69.6 Å². The summed E-state index contributed by atoms with van der Waals surface area (Å²) >= 11 is 0. The molecule has 1 rings (SSSR count). The largest absolute Gasteiger partial charge is 0.462 e. The normalized spacial score (nSPS) is 11.9. The Kier molecular flexibility index (Phi) is 35.8. The maximum Gasteiger partial charge on any atom is 0.339 e. The lowest BCUT2D eigenvalue weighted by molar-refractivity contribution is 0.0453. The van der Waals surface area contributed by atoms with Gasteiger partial charge in [0.05, 0.1) is 29.2 Å². The van der Waals surface area contributed by atoms with E-state index in [0.29, 0.717) is 12.8 Å². The summed E-state index contributed by atoms with van der Waals surface area (Å²) in [6.07, 6.45) is 51.3. The number of rotatable bonds is 41. The molecule has 0 amide bonds. The highest BCUT2D eigenvalue weighted by atomic mass is 32.2. The number of ether oxygens (including phenoxy) is 2. The Hall–Kier alpha value is -2.45. The molecule has 0 aliphatic carbocycles. The molecule has 0 bridgehead atoms. The van der Waals surface area contributed by atoms with Crippen LogP contribution in [0.2, 0.25) is 0 Å². The van der Waals surface area contributed by atoms with Crippen molar-refractivity contribution in [2.75, 3.05) is 13.2 Å². The van der Waals surface area contributed by atoms with Crippen molar-refractivity contribution in [3.8, 4) is 0 Å². The molecule has 0 aliphatic heterocycles. The van der Waals surface area contributed by atoms with E-state index in [9.17, 15) is 22.6 Å². The fourth-order valence-electron chi connectivity index (χ4n) is 7.30. The van der Waals surface area contributed by atoms with Gasteiger partial charge in [-0.15, -0.1) is 0 Å². The molecule has 0 aromatic heterocycles. The lowest BCUT2D eigenvalue weighted by Gasteiger charge is -2.11. The van der Waals surface area contributed by atoms with Crippen LogP contribution < -0.4 is 0 Å². The standard InChI is InChI=1S/C50H86O7S/c1-3-5-7-9-11-13-15-17-19-21-23-25-27-29-31-33-35-37-39-43-56-49(51)47-42-41-46(58(53,54)55)45-48(47)50(52)57-44-40-38-36-34-32-30-28-26-24-22-20-18-16-14-12-10-8-6-4-2/h33-36,41-42,45H,3-32,37-40,43-44H2,1-2H3,(H,53,54,55)/b35-33+,36-34+. The highest BCUT2D eigenvalue weighted by Gasteiger charge is 2.23. The van der Waals surface area contributed by atoms with Crippen LogP contribution in [0.15, 0.2) is 47.4 Å². The minimum Gasteiger partial charge on any atom is -0.462 e. The van der Waals surface area contributed by atoms with Crippen LogP contribution in [0.3, 0.4) is 0 Å². The third-order valence-electron chi connectivity index (χ3n) is 11.0. The molecular weight excluding hydrogens is 745 g/mol. The molecule has 8 heteroatoms. The van der Waals surface area contributed by atoms with Crippen molar-refractivity contribution in [3.05, 3.63) is 53.6 Å². The molecule has 0 spiro atoms. The zero-order valence-electron chi connectivity index (χ0n) is 37.3. The van der Waals surface area contributed by atoms with Gasteiger partial charge in [0.1, 0.15) is 0 Å². The predicted molar refractivity (Wildman–Crippen MR) is 243 cm³/mol. The molecule has 58 heavy (non-hydrogen) atoms. The molecule has 0 saturated carbocycles. The van der Waals surface area contributed by atoms with E-state index in [4.69, 9.17) is 9.47 Å². The zero-order valence-corrected chi connectivity index (χ0v) is 38.1. The summed E-state index contributed by atoms with van der Waals surface area (Å²) in [5, 5.41) is 0. The quantitative estimate of drug-likeness (QED) is 0.0303. The molecule has 0 atom stereocenters. The summed E-state index contributed by atoms with van der Waals surface area (Å²) in [5.41, 5.74) is -0.319. The van der Waals surface area contributed by atoms with Gasteiger partial charge in [-0.25, -0.2) is 9.59 Å². The van der Waals surface area contributed by atoms with Gasteiger partial charge in [0.15, 0.2) is 0 Å². The fourth-order valence-corrected chi connectivity index (χ4v) is 7.81. The van der Waals surface area contributed by atoms with Crippen LogP contribution in [-0.4, -0.2) is 38.1 Å². The molecule has 1 N–H and O–H groups in total. The lowest BCUT2D eigenvalue weighted by atomic mass is 10.0. The van der Waals surface area contributed by atoms with Crippen molar-refractivity contribution >= 4 is 22.1 Å². The van der Waals surface area contributed by atoms with Gasteiger partial charge >= 0.3 is 11.9 Å². The third kappa shape index (κ3) is 31.5. The molecule has 0 fully saturated rings. The first-order valence-electron chi connectivity index (χ1n) is 24.1. The van der Waals surface area contributed by atoms with Crippen LogP contribution >= 0.6 is 0 Å². The zero-order chi connectivity index (χ0) is 42.2. The number of carbonyl (C=O) groups excluding carboxylic acids is 2. The van der Waals surface area contributed by atoms with Gasteiger partial charge in [0.2, 0.25) is 0 Å². The molecule has 0 aliphatic rings. The summed E-state index contributed by atoms with van der Waals surface area (Å²) in [6.45, 7) is 4.83. The molecule has 0 saturated heterocycles. The molecule has 0 radical (unpaired) electrons. The summed E-state index contributed by atoms with van der Waals surface area (Å²) in [6, 6.07) is 3.26. The number of unbranched alkanes of at least 4 members (excludes halogenated alkanes) is 30. The Morgan fingerprint density at radius 3 is 1.07 bits per heavy atom. The first-order chi connectivity index (χ1) is 28.3. The smallest absolute Gasteiger partial charge is 0.339 e. The number of hydrogen-bond acceptors (Lipinski definition) is 6. The van der Waals surface area contributed by atoms with Gasteiger partial charge in [-0.3, -0.25) is 4.55 Å². The van der Waals surface area contributed by atoms with E-state index in [0.717, 1.165) is 37.8 Å².